The molecule has 1 amide bonds. The minimum atomic E-state index is 0.0521. The molecular weight excluding hydrogens is 290 g/mol. The molecular formula is C16H22ClNO3. The number of carbonyl (C=O) groups is 1. The summed E-state index contributed by atoms with van der Waals surface area (Å²) in [5.41, 5.74) is 1.64. The van der Waals surface area contributed by atoms with Gasteiger partial charge in [-0.25, -0.2) is 0 Å². The summed E-state index contributed by atoms with van der Waals surface area (Å²) in [6.45, 7) is 5.35. The lowest BCUT2D eigenvalue weighted by molar-refractivity contribution is 0.0515. The van der Waals surface area contributed by atoms with Crippen molar-refractivity contribution in [2.75, 3.05) is 40.0 Å². The Morgan fingerprint density at radius 1 is 1.43 bits per heavy atom. The Balaban J connectivity index is 1.85. The van der Waals surface area contributed by atoms with Crippen LogP contribution in [-0.4, -0.2) is 50.8 Å². The van der Waals surface area contributed by atoms with Gasteiger partial charge < -0.3 is 14.4 Å². The highest BCUT2D eigenvalue weighted by atomic mass is 35.5. The van der Waals surface area contributed by atoms with Gasteiger partial charge in [0.1, 0.15) is 0 Å². The molecule has 1 aliphatic rings. The summed E-state index contributed by atoms with van der Waals surface area (Å²) < 4.78 is 10.5. The van der Waals surface area contributed by atoms with Gasteiger partial charge in [0, 0.05) is 36.7 Å². The van der Waals surface area contributed by atoms with Gasteiger partial charge in [0.05, 0.1) is 19.8 Å². The van der Waals surface area contributed by atoms with Crippen LogP contribution in [0.5, 0.6) is 0 Å². The highest BCUT2D eigenvalue weighted by molar-refractivity contribution is 6.31. The van der Waals surface area contributed by atoms with Crippen LogP contribution in [0.15, 0.2) is 18.2 Å². The van der Waals surface area contributed by atoms with Crippen molar-refractivity contribution in [3.05, 3.63) is 34.3 Å². The second-order valence-corrected chi connectivity index (χ2v) is 5.84. The maximum atomic E-state index is 12.4. The molecule has 1 aliphatic heterocycles. The number of benzene rings is 1. The summed E-state index contributed by atoms with van der Waals surface area (Å²) in [4.78, 5) is 14.3. The number of rotatable bonds is 6. The van der Waals surface area contributed by atoms with E-state index in [1.807, 2.05) is 24.0 Å². The first kappa shape index (κ1) is 16.3. The fourth-order valence-corrected chi connectivity index (χ4v) is 2.63. The second kappa shape index (κ2) is 7.78. The molecule has 1 atom stereocenters. The molecule has 1 saturated heterocycles. The Hall–Kier alpha value is -1.10. The highest BCUT2D eigenvalue weighted by Crippen LogP contribution is 2.22. The van der Waals surface area contributed by atoms with E-state index in [1.165, 1.54) is 0 Å². The molecule has 21 heavy (non-hydrogen) atoms. The lowest BCUT2D eigenvalue weighted by Gasteiger charge is -2.17. The van der Waals surface area contributed by atoms with E-state index >= 15 is 0 Å². The summed E-state index contributed by atoms with van der Waals surface area (Å²) in [5.74, 6) is 0.461. The number of ether oxygens (including phenoxy) is 2. The van der Waals surface area contributed by atoms with Crippen LogP contribution in [0.2, 0.25) is 5.02 Å². The predicted molar refractivity (Wildman–Crippen MR) is 82.9 cm³/mol. The molecule has 0 saturated carbocycles. The Bertz CT molecular complexity index is 492. The summed E-state index contributed by atoms with van der Waals surface area (Å²) in [6, 6.07) is 5.48. The third kappa shape index (κ3) is 4.43. The number of methoxy groups -OCH3 is 1. The van der Waals surface area contributed by atoms with Gasteiger partial charge >= 0.3 is 0 Å². The van der Waals surface area contributed by atoms with Crippen LogP contribution in [0.4, 0.5) is 0 Å². The first-order valence-electron chi connectivity index (χ1n) is 7.24. The zero-order valence-corrected chi connectivity index (χ0v) is 13.4. The topological polar surface area (TPSA) is 38.8 Å². The third-order valence-corrected chi connectivity index (χ3v) is 4.18. The average molecular weight is 312 g/mol. The first-order chi connectivity index (χ1) is 10.1. The predicted octanol–water partition coefficient (Wildman–Crippen LogP) is 2.77. The quantitative estimate of drug-likeness (QED) is 0.758. The molecule has 0 aliphatic carbocycles. The van der Waals surface area contributed by atoms with Gasteiger partial charge in [0.2, 0.25) is 0 Å². The molecule has 0 N–H and O–H groups in total. The van der Waals surface area contributed by atoms with Crippen LogP contribution in [-0.2, 0) is 9.47 Å². The Morgan fingerprint density at radius 2 is 2.24 bits per heavy atom. The van der Waals surface area contributed by atoms with Crippen LogP contribution in [0.1, 0.15) is 22.3 Å². The van der Waals surface area contributed by atoms with E-state index in [1.54, 1.807) is 13.2 Å². The maximum Gasteiger partial charge on any atom is 0.253 e. The van der Waals surface area contributed by atoms with Crippen molar-refractivity contribution < 1.29 is 14.3 Å². The number of carbonyl (C=O) groups excluding carboxylic acids is 1. The molecule has 1 aromatic carbocycles. The number of hydrogen-bond acceptors (Lipinski definition) is 3. The monoisotopic (exact) mass is 311 g/mol. The van der Waals surface area contributed by atoms with Crippen molar-refractivity contribution in [3.63, 3.8) is 0 Å². The van der Waals surface area contributed by atoms with Gasteiger partial charge in [0.15, 0.2) is 0 Å². The van der Waals surface area contributed by atoms with Crippen LogP contribution in [0.3, 0.4) is 0 Å². The van der Waals surface area contributed by atoms with Crippen LogP contribution in [0.25, 0.3) is 0 Å². The third-order valence-electron chi connectivity index (χ3n) is 3.78. The normalized spacial score (nSPS) is 18.2. The van der Waals surface area contributed by atoms with E-state index < -0.39 is 0 Å². The minimum Gasteiger partial charge on any atom is -0.382 e. The first-order valence-corrected chi connectivity index (χ1v) is 7.61. The van der Waals surface area contributed by atoms with Gasteiger partial charge in [-0.1, -0.05) is 17.7 Å². The van der Waals surface area contributed by atoms with Crippen LogP contribution in [0, 0.1) is 12.8 Å². The number of hydrogen-bond donors (Lipinski definition) is 0. The molecule has 116 valence electrons. The summed E-state index contributed by atoms with van der Waals surface area (Å²) in [7, 11) is 1.66. The lowest BCUT2D eigenvalue weighted by atomic mass is 10.1. The maximum absolute atomic E-state index is 12.4. The Kier molecular flexibility index (Phi) is 6.03. The van der Waals surface area contributed by atoms with Crippen molar-refractivity contribution in [1.29, 1.82) is 0 Å². The van der Waals surface area contributed by atoms with Gasteiger partial charge in [-0.05, 0) is 31.0 Å². The highest BCUT2D eigenvalue weighted by Gasteiger charge is 2.27. The lowest BCUT2D eigenvalue weighted by Crippen LogP contribution is -2.29. The molecule has 5 heteroatoms. The molecule has 4 nitrogen and oxygen atoms in total. The number of halogens is 1. The van der Waals surface area contributed by atoms with Gasteiger partial charge in [-0.2, -0.15) is 0 Å². The molecule has 1 heterocycles. The van der Waals surface area contributed by atoms with Crippen molar-refractivity contribution in [2.45, 2.75) is 13.3 Å². The molecule has 1 fully saturated rings. The molecule has 0 unspecified atom stereocenters. The molecule has 0 radical (unpaired) electrons. The van der Waals surface area contributed by atoms with E-state index in [4.69, 9.17) is 21.1 Å². The summed E-state index contributed by atoms with van der Waals surface area (Å²) in [6.07, 6.45) is 0.984. The van der Waals surface area contributed by atoms with E-state index in [2.05, 4.69) is 0 Å². The average Bonchev–Trinajstić information content (AvgIpc) is 2.94. The SMILES string of the molecule is COCCOC[C@@H]1CCN(C(=O)c2ccc(C)c(Cl)c2)C1. The summed E-state index contributed by atoms with van der Waals surface area (Å²) in [5, 5.41) is 0.638. The zero-order chi connectivity index (χ0) is 15.2. The van der Waals surface area contributed by atoms with Gasteiger partial charge in [-0.15, -0.1) is 0 Å². The van der Waals surface area contributed by atoms with Gasteiger partial charge in [0.25, 0.3) is 5.91 Å². The fourth-order valence-electron chi connectivity index (χ4n) is 2.45. The number of aryl methyl sites for hydroxylation is 1. The van der Waals surface area contributed by atoms with Gasteiger partial charge in [-0.3, -0.25) is 4.79 Å². The molecule has 2 rings (SSSR count). The van der Waals surface area contributed by atoms with Crippen molar-refractivity contribution in [3.8, 4) is 0 Å². The largest absolute Gasteiger partial charge is 0.382 e. The Morgan fingerprint density at radius 3 is 2.95 bits per heavy atom. The van der Waals surface area contributed by atoms with Crippen LogP contribution >= 0.6 is 11.6 Å². The molecule has 0 spiro atoms. The van der Waals surface area contributed by atoms with Crippen molar-refractivity contribution >= 4 is 17.5 Å². The van der Waals surface area contributed by atoms with E-state index in [-0.39, 0.29) is 5.91 Å². The van der Waals surface area contributed by atoms with E-state index in [9.17, 15) is 4.79 Å². The minimum absolute atomic E-state index is 0.0521. The number of likely N-dealkylation sites (tertiary alicyclic amines) is 1. The van der Waals surface area contributed by atoms with Crippen LogP contribution < -0.4 is 0 Å². The molecule has 0 aromatic heterocycles. The smallest absolute Gasteiger partial charge is 0.253 e. The van der Waals surface area contributed by atoms with E-state index in [0.29, 0.717) is 36.3 Å². The standard InChI is InChI=1S/C16H22ClNO3/c1-12-3-4-14(9-15(12)17)16(19)18-6-5-13(10-18)11-21-8-7-20-2/h3-4,9,13H,5-8,10-11H2,1-2H3/t13-/m1/s1. The molecule has 1 aromatic rings. The second-order valence-electron chi connectivity index (χ2n) is 5.44. The Labute approximate surface area is 131 Å². The number of nitrogens with zero attached hydrogens (tertiary/aromatic N) is 1. The van der Waals surface area contributed by atoms with Crippen molar-refractivity contribution in [1.82, 2.24) is 4.90 Å². The number of amides is 1. The molecule has 0 bridgehead atoms. The summed E-state index contributed by atoms with van der Waals surface area (Å²) >= 11 is 6.09. The zero-order valence-electron chi connectivity index (χ0n) is 12.6. The van der Waals surface area contributed by atoms with Crippen molar-refractivity contribution in [2.24, 2.45) is 5.92 Å². The fraction of sp³-hybridized carbons (Fsp3) is 0.562. The van der Waals surface area contributed by atoms with E-state index in [0.717, 1.165) is 25.1 Å².